The Kier molecular flexibility index (Phi) is 5.14. The number of hydrogen-bond acceptors (Lipinski definition) is 6. The monoisotopic (exact) mass is 341 g/mol. The molecule has 1 aromatic carbocycles. The third-order valence-corrected chi connectivity index (χ3v) is 4.29. The van der Waals surface area contributed by atoms with Gasteiger partial charge in [-0.2, -0.15) is 0 Å². The van der Waals surface area contributed by atoms with Crippen LogP contribution in [0.1, 0.15) is 15.9 Å². The fraction of sp³-hybridized carbons (Fsp3) is 0.389. The van der Waals surface area contributed by atoms with Crippen molar-refractivity contribution in [2.75, 3.05) is 45.7 Å². The topological polar surface area (TPSA) is 70.6 Å². The van der Waals surface area contributed by atoms with Gasteiger partial charge in [0.25, 0.3) is 5.91 Å². The predicted octanol–water partition coefficient (Wildman–Crippen LogP) is 1.92. The Labute approximate surface area is 147 Å². The molecule has 1 amide bonds. The summed E-state index contributed by atoms with van der Waals surface area (Å²) in [4.78, 5) is 25.1. The molecular formula is C18H23N5O2. The Bertz CT molecular complexity index is 740. The van der Waals surface area contributed by atoms with Crippen molar-refractivity contribution >= 4 is 17.5 Å². The highest BCUT2D eigenvalue weighted by atomic mass is 16.5. The molecule has 2 aromatic rings. The second-order valence-corrected chi connectivity index (χ2v) is 6.22. The number of nitrogens with one attached hydrogen (secondary N) is 1. The van der Waals surface area contributed by atoms with Crippen LogP contribution < -0.4 is 10.1 Å². The molecule has 1 aliphatic heterocycles. The Hall–Kier alpha value is -2.67. The zero-order valence-electron chi connectivity index (χ0n) is 14.8. The fourth-order valence-electron chi connectivity index (χ4n) is 2.74. The number of anilines is 2. The van der Waals surface area contributed by atoms with Gasteiger partial charge in [0.05, 0.1) is 18.4 Å². The van der Waals surface area contributed by atoms with Crippen LogP contribution in [-0.4, -0.2) is 66.0 Å². The van der Waals surface area contributed by atoms with Gasteiger partial charge in [0, 0.05) is 38.6 Å². The highest BCUT2D eigenvalue weighted by Crippen LogP contribution is 2.27. The summed E-state index contributed by atoms with van der Waals surface area (Å²) in [6, 6.07) is 5.83. The highest BCUT2D eigenvalue weighted by molar-refractivity contribution is 5.93. The second kappa shape index (κ2) is 7.48. The molecule has 0 unspecified atom stereocenters. The summed E-state index contributed by atoms with van der Waals surface area (Å²) in [5.41, 5.74) is 2.40. The third-order valence-electron chi connectivity index (χ3n) is 4.29. The van der Waals surface area contributed by atoms with Gasteiger partial charge in [0.2, 0.25) is 5.95 Å². The van der Waals surface area contributed by atoms with E-state index in [0.29, 0.717) is 17.3 Å². The van der Waals surface area contributed by atoms with Crippen LogP contribution in [-0.2, 0) is 0 Å². The van der Waals surface area contributed by atoms with Crippen molar-refractivity contribution in [2.24, 2.45) is 0 Å². The number of methoxy groups -OCH3 is 1. The molecule has 0 radical (unpaired) electrons. The van der Waals surface area contributed by atoms with Gasteiger partial charge in [-0.25, -0.2) is 9.97 Å². The lowest BCUT2D eigenvalue weighted by molar-refractivity contribution is 0.0663. The molecule has 25 heavy (non-hydrogen) atoms. The van der Waals surface area contributed by atoms with Crippen LogP contribution in [0.2, 0.25) is 0 Å². The van der Waals surface area contributed by atoms with Crippen molar-refractivity contribution in [3.63, 3.8) is 0 Å². The number of rotatable bonds is 4. The second-order valence-electron chi connectivity index (χ2n) is 6.22. The van der Waals surface area contributed by atoms with Crippen molar-refractivity contribution in [2.45, 2.75) is 6.92 Å². The minimum absolute atomic E-state index is 0.0206. The molecular weight excluding hydrogens is 318 g/mol. The molecule has 3 rings (SSSR count). The van der Waals surface area contributed by atoms with E-state index in [4.69, 9.17) is 4.74 Å². The van der Waals surface area contributed by atoms with Gasteiger partial charge in [-0.05, 0) is 31.7 Å². The summed E-state index contributed by atoms with van der Waals surface area (Å²) in [5.74, 6) is 1.12. The van der Waals surface area contributed by atoms with Crippen molar-refractivity contribution in [3.8, 4) is 5.75 Å². The van der Waals surface area contributed by atoms with E-state index in [1.807, 2.05) is 30.0 Å². The summed E-state index contributed by atoms with van der Waals surface area (Å²) in [5, 5.41) is 3.14. The quantitative estimate of drug-likeness (QED) is 0.916. The smallest absolute Gasteiger partial charge is 0.257 e. The number of likely N-dealkylation sites (N-methyl/N-ethyl adjacent to an activating group) is 1. The summed E-state index contributed by atoms with van der Waals surface area (Å²) in [6.07, 6.45) is 3.14. The van der Waals surface area contributed by atoms with Crippen LogP contribution in [0.5, 0.6) is 5.75 Å². The Morgan fingerprint density at radius 1 is 1.16 bits per heavy atom. The molecule has 1 aliphatic rings. The maximum Gasteiger partial charge on any atom is 0.257 e. The minimum atomic E-state index is -0.0206. The summed E-state index contributed by atoms with van der Waals surface area (Å²) >= 11 is 0. The molecule has 0 atom stereocenters. The first-order chi connectivity index (χ1) is 12.1. The lowest BCUT2D eigenvalue weighted by atomic mass is 10.2. The molecule has 0 aliphatic carbocycles. The van der Waals surface area contributed by atoms with Gasteiger partial charge >= 0.3 is 0 Å². The van der Waals surface area contributed by atoms with Crippen LogP contribution in [0.15, 0.2) is 30.6 Å². The third kappa shape index (κ3) is 4.06. The van der Waals surface area contributed by atoms with Crippen LogP contribution in [0.3, 0.4) is 0 Å². The number of hydrogen-bond donors (Lipinski definition) is 1. The number of carbonyl (C=O) groups excluding carboxylic acids is 1. The van der Waals surface area contributed by atoms with Crippen molar-refractivity contribution < 1.29 is 9.53 Å². The largest absolute Gasteiger partial charge is 0.495 e. The van der Waals surface area contributed by atoms with Crippen LogP contribution in [0, 0.1) is 6.92 Å². The maximum absolute atomic E-state index is 12.5. The number of aromatic nitrogens is 2. The van der Waals surface area contributed by atoms with E-state index in [-0.39, 0.29) is 5.91 Å². The fourth-order valence-corrected chi connectivity index (χ4v) is 2.74. The lowest BCUT2D eigenvalue weighted by Crippen LogP contribution is -2.47. The summed E-state index contributed by atoms with van der Waals surface area (Å²) in [7, 11) is 3.68. The number of aryl methyl sites for hydroxylation is 1. The predicted molar refractivity (Wildman–Crippen MR) is 96.4 cm³/mol. The van der Waals surface area contributed by atoms with Gasteiger partial charge in [-0.3, -0.25) is 4.79 Å². The van der Waals surface area contributed by atoms with Crippen LogP contribution in [0.25, 0.3) is 0 Å². The minimum Gasteiger partial charge on any atom is -0.495 e. The van der Waals surface area contributed by atoms with E-state index in [2.05, 4.69) is 27.2 Å². The number of carbonyl (C=O) groups is 1. The average Bonchev–Trinajstić information content (AvgIpc) is 2.63. The first kappa shape index (κ1) is 17.2. The lowest BCUT2D eigenvalue weighted by Gasteiger charge is -2.32. The molecule has 0 spiro atoms. The molecule has 7 nitrogen and oxygen atoms in total. The number of amides is 1. The number of nitrogens with zero attached hydrogens (tertiary/aromatic N) is 4. The normalized spacial score (nSPS) is 15.1. The Morgan fingerprint density at radius 3 is 2.48 bits per heavy atom. The van der Waals surface area contributed by atoms with Gasteiger partial charge in [0.1, 0.15) is 5.75 Å². The molecule has 7 heteroatoms. The van der Waals surface area contributed by atoms with Crippen LogP contribution >= 0.6 is 0 Å². The van der Waals surface area contributed by atoms with Crippen LogP contribution in [0.4, 0.5) is 11.6 Å². The van der Waals surface area contributed by atoms with Gasteiger partial charge in [0.15, 0.2) is 0 Å². The van der Waals surface area contributed by atoms with Crippen molar-refractivity contribution in [1.29, 1.82) is 0 Å². The SMILES string of the molecule is COc1ccc(C)cc1Nc1ncc(C(=O)N2CCN(C)CC2)cn1. The molecule has 1 N–H and O–H groups in total. The molecule has 132 valence electrons. The average molecular weight is 341 g/mol. The standard InChI is InChI=1S/C18H23N5O2/c1-13-4-5-16(25-3)15(10-13)21-18-19-11-14(12-20-18)17(24)23-8-6-22(2)7-9-23/h4-5,10-12H,6-9H2,1-3H3,(H,19,20,21). The number of piperazine rings is 1. The summed E-state index contributed by atoms with van der Waals surface area (Å²) in [6.45, 7) is 5.24. The molecule has 0 bridgehead atoms. The molecule has 1 saturated heterocycles. The van der Waals surface area contributed by atoms with E-state index >= 15 is 0 Å². The van der Waals surface area contributed by atoms with E-state index in [9.17, 15) is 4.79 Å². The first-order valence-electron chi connectivity index (χ1n) is 8.28. The molecule has 0 saturated carbocycles. The zero-order valence-corrected chi connectivity index (χ0v) is 14.8. The number of benzene rings is 1. The van der Waals surface area contributed by atoms with Gasteiger partial charge < -0.3 is 19.9 Å². The highest BCUT2D eigenvalue weighted by Gasteiger charge is 2.20. The van der Waals surface area contributed by atoms with Gasteiger partial charge in [-0.1, -0.05) is 6.07 Å². The molecule has 2 heterocycles. The maximum atomic E-state index is 12.5. The molecule has 1 fully saturated rings. The van der Waals surface area contributed by atoms with E-state index in [0.717, 1.165) is 37.4 Å². The Morgan fingerprint density at radius 2 is 1.84 bits per heavy atom. The van der Waals surface area contributed by atoms with Gasteiger partial charge in [-0.15, -0.1) is 0 Å². The van der Waals surface area contributed by atoms with E-state index in [1.54, 1.807) is 19.5 Å². The number of ether oxygens (including phenoxy) is 1. The van der Waals surface area contributed by atoms with Crippen molar-refractivity contribution in [1.82, 2.24) is 19.8 Å². The van der Waals surface area contributed by atoms with Crippen molar-refractivity contribution in [3.05, 3.63) is 41.7 Å². The van der Waals surface area contributed by atoms with E-state index in [1.165, 1.54) is 0 Å². The molecule has 1 aromatic heterocycles. The summed E-state index contributed by atoms with van der Waals surface area (Å²) < 4.78 is 5.34. The first-order valence-corrected chi connectivity index (χ1v) is 8.28. The Balaban J connectivity index is 1.70. The van der Waals surface area contributed by atoms with E-state index < -0.39 is 0 Å². The zero-order chi connectivity index (χ0) is 17.8.